The van der Waals surface area contributed by atoms with Crippen LogP contribution >= 0.6 is 0 Å². The fraction of sp³-hybridized carbons (Fsp3) is 0.480. The van der Waals surface area contributed by atoms with Crippen LogP contribution in [0.3, 0.4) is 0 Å². The highest BCUT2D eigenvalue weighted by molar-refractivity contribution is 6.09. The van der Waals surface area contributed by atoms with E-state index in [0.717, 1.165) is 73.4 Å². The molecule has 174 valence electrons. The molecule has 1 aromatic carbocycles. The third kappa shape index (κ3) is 4.39. The summed E-state index contributed by atoms with van der Waals surface area (Å²) in [6.45, 7) is 5.62. The maximum Gasteiger partial charge on any atom is 0.219 e. The van der Waals surface area contributed by atoms with Crippen LogP contribution in [0.4, 0.5) is 5.69 Å². The molecule has 0 saturated carbocycles. The largest absolute Gasteiger partial charge is 0.384 e. The number of nitrogens with one attached hydrogen (secondary N) is 3. The zero-order valence-corrected chi connectivity index (χ0v) is 19.5. The molecule has 1 unspecified atom stereocenters. The number of hydrogen-bond acceptors (Lipinski definition) is 5. The van der Waals surface area contributed by atoms with Gasteiger partial charge in [0.1, 0.15) is 5.84 Å². The summed E-state index contributed by atoms with van der Waals surface area (Å²) in [5, 5.41) is 20.6. The highest BCUT2D eigenvalue weighted by Crippen LogP contribution is 2.33. The molecule has 1 aromatic heterocycles. The molecule has 0 spiro atoms. The maximum atomic E-state index is 12.1. The van der Waals surface area contributed by atoms with E-state index in [2.05, 4.69) is 38.8 Å². The second-order valence-electron chi connectivity index (χ2n) is 9.33. The Morgan fingerprint density at radius 2 is 2.12 bits per heavy atom. The molecule has 0 bridgehead atoms. The zero-order valence-electron chi connectivity index (χ0n) is 19.5. The molecule has 33 heavy (non-hydrogen) atoms. The van der Waals surface area contributed by atoms with Crippen molar-refractivity contribution in [1.29, 1.82) is 5.41 Å². The van der Waals surface area contributed by atoms with Crippen LogP contribution < -0.4 is 15.5 Å². The van der Waals surface area contributed by atoms with Gasteiger partial charge >= 0.3 is 0 Å². The Kier molecular flexibility index (Phi) is 5.93. The molecule has 1 amide bonds. The Hall–Kier alpha value is -3.13. The van der Waals surface area contributed by atoms with Crippen molar-refractivity contribution in [2.45, 2.75) is 38.6 Å². The number of nitrogens with zero attached hydrogens (tertiary/aromatic N) is 4. The summed E-state index contributed by atoms with van der Waals surface area (Å²) in [4.78, 5) is 16.1. The van der Waals surface area contributed by atoms with E-state index in [-0.39, 0.29) is 5.91 Å². The van der Waals surface area contributed by atoms with E-state index in [9.17, 15) is 10.2 Å². The number of aryl methyl sites for hydroxylation is 2. The number of hydrogen-bond donors (Lipinski definition) is 3. The molecular weight excluding hydrogens is 414 g/mol. The fourth-order valence-electron chi connectivity index (χ4n) is 5.18. The Morgan fingerprint density at radius 3 is 2.85 bits per heavy atom. The van der Waals surface area contributed by atoms with Gasteiger partial charge in [0.2, 0.25) is 5.91 Å². The zero-order chi connectivity index (χ0) is 22.9. The van der Waals surface area contributed by atoms with Gasteiger partial charge in [-0.3, -0.25) is 14.9 Å². The predicted molar refractivity (Wildman–Crippen MR) is 130 cm³/mol. The normalized spacial score (nSPS) is 20.7. The molecule has 3 aliphatic heterocycles. The van der Waals surface area contributed by atoms with Gasteiger partial charge in [-0.05, 0) is 49.1 Å². The van der Waals surface area contributed by atoms with Gasteiger partial charge < -0.3 is 20.4 Å². The highest BCUT2D eigenvalue weighted by Gasteiger charge is 2.30. The first-order valence-electron chi connectivity index (χ1n) is 11.9. The average Bonchev–Trinajstić information content (AvgIpc) is 3.49. The van der Waals surface area contributed by atoms with Gasteiger partial charge in [-0.25, -0.2) is 0 Å². The van der Waals surface area contributed by atoms with E-state index in [1.807, 2.05) is 29.0 Å². The predicted octanol–water partition coefficient (Wildman–Crippen LogP) is 2.27. The van der Waals surface area contributed by atoms with Crippen LogP contribution in [0.2, 0.25) is 0 Å². The third-order valence-electron chi connectivity index (χ3n) is 7.02. The van der Waals surface area contributed by atoms with Crippen molar-refractivity contribution in [2.75, 3.05) is 37.6 Å². The fourth-order valence-corrected chi connectivity index (χ4v) is 5.18. The van der Waals surface area contributed by atoms with Gasteiger partial charge in [-0.1, -0.05) is 6.07 Å². The van der Waals surface area contributed by atoms with Gasteiger partial charge in [0, 0.05) is 74.8 Å². The molecule has 3 aliphatic rings. The number of carbonyl (C=O) groups excluding carboxylic acids is 1. The van der Waals surface area contributed by atoms with Crippen molar-refractivity contribution in [1.82, 2.24) is 25.3 Å². The lowest BCUT2D eigenvalue weighted by molar-refractivity contribution is -0.128. The Labute approximate surface area is 195 Å². The van der Waals surface area contributed by atoms with Crippen LogP contribution in [0.15, 0.2) is 41.9 Å². The topological polar surface area (TPSA) is 89.3 Å². The first kappa shape index (κ1) is 21.7. The van der Waals surface area contributed by atoms with Crippen LogP contribution in [0.25, 0.3) is 11.1 Å². The number of benzene rings is 1. The summed E-state index contributed by atoms with van der Waals surface area (Å²) in [7, 11) is 1.93. The molecule has 8 nitrogen and oxygen atoms in total. The molecular formula is C25H33N7O. The third-order valence-corrected chi connectivity index (χ3v) is 7.02. The van der Waals surface area contributed by atoms with Crippen molar-refractivity contribution in [3.63, 3.8) is 0 Å². The van der Waals surface area contributed by atoms with Gasteiger partial charge in [-0.15, -0.1) is 0 Å². The SMILES string of the molecule is CC(=O)N1CCC(NC2CCNC2)=C(C(=N)N2CCCc3cc(-c4cnn(C)c4)ccc32)C1. The van der Waals surface area contributed by atoms with E-state index in [1.54, 1.807) is 6.92 Å². The average molecular weight is 448 g/mol. The molecule has 0 aliphatic carbocycles. The summed E-state index contributed by atoms with van der Waals surface area (Å²) in [5.74, 6) is 0.589. The van der Waals surface area contributed by atoms with Crippen molar-refractivity contribution in [3.8, 4) is 11.1 Å². The number of amidine groups is 1. The minimum atomic E-state index is 0.0713. The van der Waals surface area contributed by atoms with E-state index in [1.165, 1.54) is 5.56 Å². The van der Waals surface area contributed by atoms with Gasteiger partial charge in [0.25, 0.3) is 0 Å². The second-order valence-corrected chi connectivity index (χ2v) is 9.33. The van der Waals surface area contributed by atoms with Crippen LogP contribution in [0, 0.1) is 5.41 Å². The van der Waals surface area contributed by atoms with Crippen molar-refractivity contribution in [2.24, 2.45) is 7.05 Å². The monoisotopic (exact) mass is 447 g/mol. The Morgan fingerprint density at radius 1 is 1.24 bits per heavy atom. The molecule has 1 atom stereocenters. The molecule has 4 heterocycles. The number of rotatable bonds is 4. The number of anilines is 1. The standard InChI is InChI=1S/C25H33N7O/c1-17(33)31-11-8-23(29-21-7-9-27-14-21)22(16-31)25(26)32-10-3-4-19-12-18(5-6-24(19)32)20-13-28-30(2)15-20/h5-6,12-13,15,21,26-27,29H,3-4,7-11,14,16H2,1-2H3. The van der Waals surface area contributed by atoms with Gasteiger partial charge in [0.15, 0.2) is 0 Å². The van der Waals surface area contributed by atoms with E-state index in [0.29, 0.717) is 25.0 Å². The summed E-state index contributed by atoms with van der Waals surface area (Å²) in [5.41, 5.74) is 6.72. The summed E-state index contributed by atoms with van der Waals surface area (Å²) in [6, 6.07) is 6.90. The lowest BCUT2D eigenvalue weighted by Gasteiger charge is -2.37. The smallest absolute Gasteiger partial charge is 0.219 e. The van der Waals surface area contributed by atoms with Crippen LogP contribution in [0.5, 0.6) is 0 Å². The molecule has 2 aromatic rings. The van der Waals surface area contributed by atoms with Crippen molar-refractivity contribution < 1.29 is 4.79 Å². The first-order valence-corrected chi connectivity index (χ1v) is 11.9. The molecule has 5 rings (SSSR count). The summed E-state index contributed by atoms with van der Waals surface area (Å²) in [6.07, 6.45) is 7.79. The van der Waals surface area contributed by atoms with Gasteiger partial charge in [-0.2, -0.15) is 5.10 Å². The van der Waals surface area contributed by atoms with Crippen molar-refractivity contribution >= 4 is 17.4 Å². The lowest BCUT2D eigenvalue weighted by Crippen LogP contribution is -2.46. The lowest BCUT2D eigenvalue weighted by atomic mass is 9.95. The molecule has 8 heteroatoms. The molecule has 1 saturated heterocycles. The van der Waals surface area contributed by atoms with Gasteiger partial charge in [0.05, 0.1) is 12.7 Å². The van der Waals surface area contributed by atoms with E-state index in [4.69, 9.17) is 0 Å². The first-order chi connectivity index (χ1) is 16.0. The van der Waals surface area contributed by atoms with Crippen LogP contribution in [-0.4, -0.2) is 65.2 Å². The van der Waals surface area contributed by atoms with Crippen LogP contribution in [-0.2, 0) is 18.3 Å². The summed E-state index contributed by atoms with van der Waals surface area (Å²) >= 11 is 0. The summed E-state index contributed by atoms with van der Waals surface area (Å²) < 4.78 is 1.82. The Balaban J connectivity index is 1.45. The van der Waals surface area contributed by atoms with Crippen molar-refractivity contribution in [3.05, 3.63) is 47.4 Å². The van der Waals surface area contributed by atoms with Crippen LogP contribution in [0.1, 0.15) is 31.7 Å². The minimum absolute atomic E-state index is 0.0713. The number of carbonyl (C=O) groups is 1. The number of aromatic nitrogens is 2. The minimum Gasteiger partial charge on any atom is -0.384 e. The number of fused-ring (bicyclic) bond motifs is 1. The highest BCUT2D eigenvalue weighted by atomic mass is 16.2. The second kappa shape index (κ2) is 9.02. The Bertz CT molecular complexity index is 1100. The molecule has 1 fully saturated rings. The van der Waals surface area contributed by atoms with E-state index < -0.39 is 0 Å². The molecule has 0 radical (unpaired) electrons. The number of amides is 1. The molecule has 3 N–H and O–H groups in total. The van der Waals surface area contributed by atoms with E-state index >= 15 is 0 Å². The quantitative estimate of drug-likeness (QED) is 0.494. The maximum absolute atomic E-state index is 12.1.